The molecule has 1 atom stereocenters. The zero-order valence-corrected chi connectivity index (χ0v) is 20.7. The predicted molar refractivity (Wildman–Crippen MR) is 141 cm³/mol. The molecule has 3 aromatic carbocycles. The molecule has 4 heteroatoms. The van der Waals surface area contributed by atoms with Crippen molar-refractivity contribution in [3.05, 3.63) is 99.1 Å². The fraction of sp³-hybridized carbons (Fsp3) is 0.286. The lowest BCUT2D eigenvalue weighted by atomic mass is 9.87. The Morgan fingerprint density at radius 1 is 0.875 bits per heavy atom. The zero-order valence-electron chi connectivity index (χ0n) is 18.5. The fourth-order valence-corrected chi connectivity index (χ4v) is 4.68. The highest BCUT2D eigenvalue weighted by molar-refractivity contribution is 14.1. The quantitative estimate of drug-likeness (QED) is 0.277. The van der Waals surface area contributed by atoms with Crippen molar-refractivity contribution in [3.8, 4) is 5.75 Å². The van der Waals surface area contributed by atoms with Crippen molar-refractivity contribution >= 4 is 33.7 Å². The summed E-state index contributed by atoms with van der Waals surface area (Å²) in [6.45, 7) is 5.91. The summed E-state index contributed by atoms with van der Waals surface area (Å²) in [7, 11) is 0. The summed E-state index contributed by atoms with van der Waals surface area (Å²) >= 11 is 2.32. The molecule has 1 fully saturated rings. The number of rotatable bonds is 8. The van der Waals surface area contributed by atoms with Crippen LogP contribution in [0.3, 0.4) is 0 Å². The van der Waals surface area contributed by atoms with Crippen LogP contribution in [0.15, 0.2) is 78.9 Å². The predicted octanol–water partition coefficient (Wildman–Crippen LogP) is 6.11. The van der Waals surface area contributed by atoms with Crippen molar-refractivity contribution in [1.82, 2.24) is 4.90 Å². The lowest BCUT2D eigenvalue weighted by Gasteiger charge is -2.20. The third-order valence-corrected chi connectivity index (χ3v) is 6.64. The van der Waals surface area contributed by atoms with E-state index in [0.29, 0.717) is 6.61 Å². The van der Waals surface area contributed by atoms with E-state index >= 15 is 0 Å². The van der Waals surface area contributed by atoms with Gasteiger partial charge in [0.1, 0.15) is 12.4 Å². The minimum absolute atomic E-state index is 0.608. The van der Waals surface area contributed by atoms with E-state index in [1.165, 1.54) is 29.5 Å². The van der Waals surface area contributed by atoms with Gasteiger partial charge in [0.05, 0.1) is 6.10 Å². The van der Waals surface area contributed by atoms with Crippen molar-refractivity contribution in [2.45, 2.75) is 25.9 Å². The van der Waals surface area contributed by atoms with E-state index in [0.717, 1.165) is 40.1 Å². The first-order valence-electron chi connectivity index (χ1n) is 11.3. The van der Waals surface area contributed by atoms with Crippen molar-refractivity contribution in [2.75, 3.05) is 26.2 Å². The second-order valence-corrected chi connectivity index (χ2v) is 9.50. The Hall–Kier alpha value is -2.15. The summed E-state index contributed by atoms with van der Waals surface area (Å²) in [5, 5.41) is 10.8. The van der Waals surface area contributed by atoms with Gasteiger partial charge in [-0.1, -0.05) is 54.6 Å². The number of hydrogen-bond donors (Lipinski definition) is 1. The first kappa shape index (κ1) is 23.0. The maximum atomic E-state index is 10.8. The Morgan fingerprint density at radius 3 is 2.06 bits per heavy atom. The molecule has 1 aliphatic heterocycles. The third kappa shape index (κ3) is 5.80. The number of halogens is 1. The molecule has 166 valence electrons. The van der Waals surface area contributed by atoms with Crippen molar-refractivity contribution in [1.29, 1.82) is 0 Å². The molecular formula is C28H30INO2. The molecule has 0 spiro atoms. The van der Waals surface area contributed by atoms with Crippen LogP contribution in [0.25, 0.3) is 11.1 Å². The van der Waals surface area contributed by atoms with Gasteiger partial charge in [-0.3, -0.25) is 4.90 Å². The number of aliphatic hydroxyl groups is 1. The molecule has 1 unspecified atom stereocenters. The first-order valence-corrected chi connectivity index (χ1v) is 12.4. The van der Waals surface area contributed by atoms with Crippen LogP contribution < -0.4 is 4.74 Å². The van der Waals surface area contributed by atoms with Gasteiger partial charge < -0.3 is 9.84 Å². The lowest BCUT2D eigenvalue weighted by Crippen LogP contribution is -2.25. The Bertz CT molecular complexity index is 1020. The van der Waals surface area contributed by atoms with Crippen LogP contribution in [0.4, 0.5) is 0 Å². The molecule has 0 bridgehead atoms. The smallest absolute Gasteiger partial charge is 0.119 e. The molecule has 1 aliphatic rings. The highest BCUT2D eigenvalue weighted by Gasteiger charge is 2.18. The average Bonchev–Trinajstić information content (AvgIpc) is 3.33. The van der Waals surface area contributed by atoms with Gasteiger partial charge in [-0.15, -0.1) is 0 Å². The van der Waals surface area contributed by atoms with Crippen molar-refractivity contribution in [2.24, 2.45) is 0 Å². The van der Waals surface area contributed by atoms with E-state index in [9.17, 15) is 5.11 Å². The molecule has 3 aromatic rings. The number of likely N-dealkylation sites (tertiary alicyclic amines) is 1. The van der Waals surface area contributed by atoms with E-state index in [1.807, 2.05) is 37.3 Å². The fourth-order valence-electron chi connectivity index (χ4n) is 4.32. The molecule has 4 rings (SSSR count). The summed E-state index contributed by atoms with van der Waals surface area (Å²) in [5.41, 5.74) is 5.16. The second kappa shape index (κ2) is 11.1. The highest BCUT2D eigenvalue weighted by Crippen LogP contribution is 2.35. The molecule has 0 radical (unpaired) electrons. The molecular weight excluding hydrogens is 509 g/mol. The van der Waals surface area contributed by atoms with Crippen molar-refractivity contribution in [3.63, 3.8) is 0 Å². The van der Waals surface area contributed by atoms with Crippen LogP contribution in [-0.2, 0) is 0 Å². The maximum Gasteiger partial charge on any atom is 0.119 e. The molecule has 1 heterocycles. The van der Waals surface area contributed by atoms with Crippen LogP contribution in [0, 0.1) is 3.57 Å². The number of nitrogens with zero attached hydrogens (tertiary/aromatic N) is 1. The highest BCUT2D eigenvalue weighted by atomic mass is 127. The molecule has 1 N–H and O–H groups in total. The Morgan fingerprint density at radius 2 is 1.47 bits per heavy atom. The van der Waals surface area contributed by atoms with E-state index in [1.54, 1.807) is 0 Å². The van der Waals surface area contributed by atoms with Crippen LogP contribution >= 0.6 is 22.6 Å². The normalized spacial score (nSPS) is 16.0. The first-order chi connectivity index (χ1) is 15.6. The van der Waals surface area contributed by atoms with Crippen LogP contribution in [0.5, 0.6) is 5.75 Å². The molecule has 0 aliphatic carbocycles. The van der Waals surface area contributed by atoms with E-state index in [4.69, 9.17) is 4.74 Å². The largest absolute Gasteiger partial charge is 0.492 e. The van der Waals surface area contributed by atoms with Crippen molar-refractivity contribution < 1.29 is 9.84 Å². The van der Waals surface area contributed by atoms with Gasteiger partial charge in [0, 0.05) is 10.1 Å². The number of benzene rings is 3. The second-order valence-electron chi connectivity index (χ2n) is 8.26. The van der Waals surface area contributed by atoms with E-state index in [2.05, 4.69) is 76.0 Å². The Labute approximate surface area is 204 Å². The lowest BCUT2D eigenvalue weighted by molar-refractivity contribution is 0.238. The minimum Gasteiger partial charge on any atom is -0.492 e. The SMILES string of the molecule is CC(O)/C(=C(/c1ccc(I)cc1)c1ccc(OCCN2CCCC2)cc1)c1ccccc1. The molecule has 0 aromatic heterocycles. The number of ether oxygens (including phenoxy) is 1. The summed E-state index contributed by atoms with van der Waals surface area (Å²) < 4.78 is 7.19. The average molecular weight is 539 g/mol. The minimum atomic E-state index is -0.608. The summed E-state index contributed by atoms with van der Waals surface area (Å²) in [6.07, 6.45) is 1.99. The van der Waals surface area contributed by atoms with Crippen LogP contribution in [-0.4, -0.2) is 42.4 Å². The molecule has 1 saturated heterocycles. The summed E-state index contributed by atoms with van der Waals surface area (Å²) in [4.78, 5) is 2.46. The van der Waals surface area contributed by atoms with Crippen LogP contribution in [0.1, 0.15) is 36.5 Å². The van der Waals surface area contributed by atoms with E-state index < -0.39 is 6.10 Å². The molecule has 3 nitrogen and oxygen atoms in total. The van der Waals surface area contributed by atoms with E-state index in [-0.39, 0.29) is 0 Å². The van der Waals surface area contributed by atoms with Gasteiger partial charge in [0.2, 0.25) is 0 Å². The summed E-state index contributed by atoms with van der Waals surface area (Å²) in [6, 6.07) is 26.9. The van der Waals surface area contributed by atoms with Gasteiger partial charge in [0.15, 0.2) is 0 Å². The third-order valence-electron chi connectivity index (χ3n) is 5.92. The molecule has 0 saturated carbocycles. The zero-order chi connectivity index (χ0) is 22.3. The topological polar surface area (TPSA) is 32.7 Å². The van der Waals surface area contributed by atoms with Gasteiger partial charge in [-0.2, -0.15) is 0 Å². The maximum absolute atomic E-state index is 10.8. The van der Waals surface area contributed by atoms with Gasteiger partial charge in [-0.05, 0) is 108 Å². The molecule has 32 heavy (non-hydrogen) atoms. The summed E-state index contributed by atoms with van der Waals surface area (Å²) in [5.74, 6) is 0.883. The van der Waals surface area contributed by atoms with Gasteiger partial charge in [0.25, 0.3) is 0 Å². The monoisotopic (exact) mass is 539 g/mol. The van der Waals surface area contributed by atoms with Gasteiger partial charge >= 0.3 is 0 Å². The number of aliphatic hydroxyl groups excluding tert-OH is 1. The number of hydrogen-bond acceptors (Lipinski definition) is 3. The Balaban J connectivity index is 1.66. The van der Waals surface area contributed by atoms with Gasteiger partial charge in [-0.25, -0.2) is 0 Å². The molecule has 0 amide bonds. The Kier molecular flexibility index (Phi) is 8.00. The standard InChI is InChI=1S/C28H30INO2/c1-21(31)27(22-7-3-2-4-8-22)28(23-9-13-25(29)14-10-23)24-11-15-26(16-12-24)32-20-19-30-17-5-6-18-30/h2-4,7-16,21,31H,5-6,17-20H2,1H3/b28-27+. The van der Waals surface area contributed by atoms with Crippen LogP contribution in [0.2, 0.25) is 0 Å².